The normalized spacial score (nSPS) is 11.8. The molecule has 6 heteroatoms. The number of fused-ring (bicyclic) bond motifs is 1. The lowest BCUT2D eigenvalue weighted by molar-refractivity contribution is -0.114. The molecule has 2 N–H and O–H groups in total. The van der Waals surface area contributed by atoms with Crippen LogP contribution >= 0.6 is 0 Å². The van der Waals surface area contributed by atoms with Crippen LogP contribution in [0.25, 0.3) is 5.65 Å². The number of anilines is 1. The van der Waals surface area contributed by atoms with E-state index in [9.17, 15) is 4.79 Å². The number of pyridine rings is 1. The number of amides is 1. The molecule has 2 rings (SSSR count). The Morgan fingerprint density at radius 2 is 2.22 bits per heavy atom. The third-order valence-corrected chi connectivity index (χ3v) is 2.63. The van der Waals surface area contributed by atoms with Crippen LogP contribution in [-0.4, -0.2) is 26.2 Å². The van der Waals surface area contributed by atoms with E-state index in [2.05, 4.69) is 15.5 Å². The summed E-state index contributed by atoms with van der Waals surface area (Å²) >= 11 is 0. The number of hydrogen-bond donors (Lipinski definition) is 2. The minimum absolute atomic E-state index is 0.155. The molecule has 2 aromatic rings. The first-order chi connectivity index (χ1) is 8.54. The molecule has 0 atom stereocenters. The van der Waals surface area contributed by atoms with Crippen molar-refractivity contribution in [2.24, 2.45) is 5.16 Å². The fraction of sp³-hybridized carbons (Fsp3) is 0.250. The predicted octanol–water partition coefficient (Wildman–Crippen LogP) is 1.80. The van der Waals surface area contributed by atoms with Gasteiger partial charge in [-0.1, -0.05) is 5.16 Å². The summed E-state index contributed by atoms with van der Waals surface area (Å²) in [7, 11) is 0. The van der Waals surface area contributed by atoms with E-state index in [4.69, 9.17) is 5.21 Å². The monoisotopic (exact) mass is 246 g/mol. The van der Waals surface area contributed by atoms with Crippen molar-refractivity contribution in [3.05, 3.63) is 29.7 Å². The highest BCUT2D eigenvalue weighted by Gasteiger charge is 2.14. The number of rotatable bonds is 2. The van der Waals surface area contributed by atoms with E-state index in [0.29, 0.717) is 17.0 Å². The summed E-state index contributed by atoms with van der Waals surface area (Å²) < 4.78 is 1.79. The second kappa shape index (κ2) is 4.48. The predicted molar refractivity (Wildman–Crippen MR) is 68.2 cm³/mol. The molecule has 0 aromatic carbocycles. The number of imidazole rings is 1. The third kappa shape index (κ3) is 1.92. The number of oxime groups is 1. The molecule has 0 fully saturated rings. The fourth-order valence-electron chi connectivity index (χ4n) is 1.95. The van der Waals surface area contributed by atoms with E-state index in [-0.39, 0.29) is 5.91 Å². The quantitative estimate of drug-likeness (QED) is 0.481. The molecule has 94 valence electrons. The zero-order chi connectivity index (χ0) is 13.3. The van der Waals surface area contributed by atoms with E-state index in [1.807, 2.05) is 13.1 Å². The molecule has 0 aliphatic carbocycles. The smallest absolute Gasteiger partial charge is 0.221 e. The maximum atomic E-state index is 11.1. The SMILES string of the molecule is CC(=O)Nc1cccn2c(C(C)=NO)c(C)nc12. The van der Waals surface area contributed by atoms with Crippen LogP contribution in [-0.2, 0) is 4.79 Å². The summed E-state index contributed by atoms with van der Waals surface area (Å²) in [5.41, 5.74) is 3.19. The summed E-state index contributed by atoms with van der Waals surface area (Å²) in [5, 5.41) is 14.8. The van der Waals surface area contributed by atoms with Crippen molar-refractivity contribution < 1.29 is 10.0 Å². The molecule has 1 amide bonds. The largest absolute Gasteiger partial charge is 0.411 e. The van der Waals surface area contributed by atoms with Gasteiger partial charge in [-0.15, -0.1) is 0 Å². The Balaban J connectivity index is 2.70. The Morgan fingerprint density at radius 3 is 2.83 bits per heavy atom. The molecule has 0 unspecified atom stereocenters. The van der Waals surface area contributed by atoms with E-state index in [1.54, 1.807) is 23.5 Å². The number of nitrogens with one attached hydrogen (secondary N) is 1. The summed E-state index contributed by atoms with van der Waals surface area (Å²) in [6.45, 7) is 4.97. The van der Waals surface area contributed by atoms with Crippen molar-refractivity contribution in [2.45, 2.75) is 20.8 Å². The molecule has 0 spiro atoms. The maximum absolute atomic E-state index is 11.1. The van der Waals surface area contributed by atoms with Gasteiger partial charge < -0.3 is 10.5 Å². The van der Waals surface area contributed by atoms with Crippen molar-refractivity contribution in [1.82, 2.24) is 9.38 Å². The van der Waals surface area contributed by atoms with E-state index >= 15 is 0 Å². The Labute approximate surface area is 104 Å². The second-order valence-corrected chi connectivity index (χ2v) is 4.03. The Morgan fingerprint density at radius 1 is 1.50 bits per heavy atom. The van der Waals surface area contributed by atoms with Crippen molar-refractivity contribution in [3.63, 3.8) is 0 Å². The minimum Gasteiger partial charge on any atom is -0.411 e. The molecule has 6 nitrogen and oxygen atoms in total. The number of carbonyl (C=O) groups is 1. The zero-order valence-corrected chi connectivity index (χ0v) is 10.4. The Kier molecular flexibility index (Phi) is 3.01. The van der Waals surface area contributed by atoms with Crippen LogP contribution < -0.4 is 5.32 Å². The highest BCUT2D eigenvalue weighted by Crippen LogP contribution is 2.20. The van der Waals surface area contributed by atoms with Gasteiger partial charge in [-0.25, -0.2) is 4.98 Å². The van der Waals surface area contributed by atoms with Gasteiger partial charge in [0.15, 0.2) is 5.65 Å². The van der Waals surface area contributed by atoms with Gasteiger partial charge in [-0.05, 0) is 26.0 Å². The van der Waals surface area contributed by atoms with Crippen molar-refractivity contribution >= 4 is 23.0 Å². The number of carbonyl (C=O) groups excluding carboxylic acids is 1. The fourth-order valence-corrected chi connectivity index (χ4v) is 1.95. The average molecular weight is 246 g/mol. The summed E-state index contributed by atoms with van der Waals surface area (Å²) in [4.78, 5) is 15.5. The van der Waals surface area contributed by atoms with Crippen molar-refractivity contribution in [2.75, 3.05) is 5.32 Å². The minimum atomic E-state index is -0.155. The summed E-state index contributed by atoms with van der Waals surface area (Å²) in [6, 6.07) is 3.58. The van der Waals surface area contributed by atoms with Crippen LogP contribution in [0, 0.1) is 6.92 Å². The molecule has 2 heterocycles. The third-order valence-electron chi connectivity index (χ3n) is 2.63. The molecule has 0 bridgehead atoms. The number of hydrogen-bond acceptors (Lipinski definition) is 4. The van der Waals surface area contributed by atoms with Crippen LogP contribution in [0.15, 0.2) is 23.5 Å². The molecule has 0 saturated carbocycles. The standard InChI is InChI=1S/C12H14N4O2/c1-7-11(8(2)15-18)16-6-4-5-10(12(16)13-7)14-9(3)17/h4-6,18H,1-3H3,(H,14,17). The lowest BCUT2D eigenvalue weighted by Crippen LogP contribution is -2.08. The van der Waals surface area contributed by atoms with Gasteiger partial charge in [0, 0.05) is 13.1 Å². The molecule has 18 heavy (non-hydrogen) atoms. The number of nitrogens with zero attached hydrogens (tertiary/aromatic N) is 3. The highest BCUT2D eigenvalue weighted by atomic mass is 16.4. The van der Waals surface area contributed by atoms with Gasteiger partial charge in [0.25, 0.3) is 0 Å². The molecular formula is C12H14N4O2. The maximum Gasteiger partial charge on any atom is 0.221 e. The van der Waals surface area contributed by atoms with E-state index in [0.717, 1.165) is 11.4 Å². The van der Waals surface area contributed by atoms with Crippen LogP contribution in [0.4, 0.5) is 5.69 Å². The highest BCUT2D eigenvalue weighted by molar-refractivity contribution is 6.00. The molecule has 0 aliphatic rings. The van der Waals surface area contributed by atoms with Crippen LogP contribution in [0.2, 0.25) is 0 Å². The summed E-state index contributed by atoms with van der Waals surface area (Å²) in [6.07, 6.45) is 1.81. The summed E-state index contributed by atoms with van der Waals surface area (Å²) in [5.74, 6) is -0.155. The zero-order valence-electron chi connectivity index (χ0n) is 10.4. The molecule has 0 radical (unpaired) electrons. The molecule has 0 aliphatic heterocycles. The topological polar surface area (TPSA) is 79.0 Å². The van der Waals surface area contributed by atoms with E-state index < -0.39 is 0 Å². The van der Waals surface area contributed by atoms with Crippen molar-refractivity contribution in [3.8, 4) is 0 Å². The number of aryl methyl sites for hydroxylation is 1. The van der Waals surface area contributed by atoms with E-state index in [1.165, 1.54) is 6.92 Å². The van der Waals surface area contributed by atoms with Gasteiger partial charge >= 0.3 is 0 Å². The van der Waals surface area contributed by atoms with Crippen LogP contribution in [0.1, 0.15) is 25.2 Å². The van der Waals surface area contributed by atoms with Crippen molar-refractivity contribution in [1.29, 1.82) is 0 Å². The lowest BCUT2D eigenvalue weighted by atomic mass is 10.2. The second-order valence-electron chi connectivity index (χ2n) is 4.03. The average Bonchev–Trinajstić information content (AvgIpc) is 2.65. The Hall–Kier alpha value is -2.37. The molecule has 0 saturated heterocycles. The van der Waals surface area contributed by atoms with Crippen LogP contribution in [0.3, 0.4) is 0 Å². The van der Waals surface area contributed by atoms with Crippen LogP contribution in [0.5, 0.6) is 0 Å². The van der Waals surface area contributed by atoms with Gasteiger partial charge in [0.2, 0.25) is 5.91 Å². The first-order valence-corrected chi connectivity index (χ1v) is 5.49. The van der Waals surface area contributed by atoms with Gasteiger partial charge in [-0.2, -0.15) is 0 Å². The Bertz CT molecular complexity index is 643. The number of aromatic nitrogens is 2. The van der Waals surface area contributed by atoms with Gasteiger partial charge in [0.05, 0.1) is 17.1 Å². The van der Waals surface area contributed by atoms with Gasteiger partial charge in [0.1, 0.15) is 5.71 Å². The van der Waals surface area contributed by atoms with Gasteiger partial charge in [-0.3, -0.25) is 9.20 Å². The first-order valence-electron chi connectivity index (χ1n) is 5.49. The molecular weight excluding hydrogens is 232 g/mol. The lowest BCUT2D eigenvalue weighted by Gasteiger charge is -2.05. The molecule has 2 aromatic heterocycles. The first kappa shape index (κ1) is 12.1.